The van der Waals surface area contributed by atoms with E-state index in [0.717, 1.165) is 22.6 Å². The van der Waals surface area contributed by atoms with Crippen molar-refractivity contribution in [3.8, 4) is 11.4 Å². The van der Waals surface area contributed by atoms with Gasteiger partial charge in [-0.1, -0.05) is 18.2 Å². The summed E-state index contributed by atoms with van der Waals surface area (Å²) in [6.45, 7) is 4.23. The lowest BCUT2D eigenvalue weighted by Gasteiger charge is -2.05. The van der Waals surface area contributed by atoms with Crippen molar-refractivity contribution in [1.29, 1.82) is 0 Å². The number of allylic oxidation sites excluding steroid dienone is 1. The van der Waals surface area contributed by atoms with Crippen LogP contribution in [0, 0.1) is 13.8 Å². The van der Waals surface area contributed by atoms with Gasteiger partial charge in [0, 0.05) is 23.2 Å². The summed E-state index contributed by atoms with van der Waals surface area (Å²) < 4.78 is 7.36. The molecule has 3 rings (SSSR count). The van der Waals surface area contributed by atoms with E-state index in [-0.39, 0.29) is 12.2 Å². The smallest absolute Gasteiger partial charge is 0.303 e. The molecular formula is C24H24N2O4. The molecule has 1 aromatic heterocycles. The highest BCUT2D eigenvalue weighted by atomic mass is 16.5. The number of aryl methyl sites for hydroxylation is 1. The van der Waals surface area contributed by atoms with Crippen LogP contribution in [-0.2, 0) is 4.79 Å². The van der Waals surface area contributed by atoms with Crippen LogP contribution in [0.3, 0.4) is 0 Å². The first kappa shape index (κ1) is 21.0. The molecule has 0 saturated heterocycles. The molecule has 6 nitrogen and oxygen atoms in total. The average Bonchev–Trinajstić information content (AvgIpc) is 3.04. The number of ether oxygens (including phenoxy) is 1. The molecule has 0 aliphatic heterocycles. The first-order valence-corrected chi connectivity index (χ1v) is 9.74. The van der Waals surface area contributed by atoms with E-state index in [2.05, 4.69) is 5.10 Å². The standard InChI is InChI=1S/C24H24N2O4/c1-17-22(18(2)26(25-17)20-7-4-3-5-8-20)14-15-23(27)19-10-12-21(13-11-19)30-16-6-9-24(28)29/h3-5,7-8,10-15H,6,9,16H2,1-2H3,(H,28,29). The van der Waals surface area contributed by atoms with E-state index in [1.54, 1.807) is 36.4 Å². The molecule has 0 aliphatic carbocycles. The lowest BCUT2D eigenvalue weighted by atomic mass is 10.1. The molecule has 0 saturated carbocycles. The van der Waals surface area contributed by atoms with Crippen LogP contribution >= 0.6 is 0 Å². The van der Waals surface area contributed by atoms with Gasteiger partial charge in [0.25, 0.3) is 0 Å². The Morgan fingerprint density at radius 3 is 2.43 bits per heavy atom. The number of ketones is 1. The molecule has 1 N–H and O–H groups in total. The van der Waals surface area contributed by atoms with Gasteiger partial charge >= 0.3 is 5.97 Å². The number of aromatic nitrogens is 2. The minimum Gasteiger partial charge on any atom is -0.494 e. The molecule has 3 aromatic rings. The Hall–Kier alpha value is -3.67. The van der Waals surface area contributed by atoms with Crippen LogP contribution < -0.4 is 4.74 Å². The lowest BCUT2D eigenvalue weighted by molar-refractivity contribution is -0.137. The first-order chi connectivity index (χ1) is 14.5. The third-order valence-corrected chi connectivity index (χ3v) is 4.69. The zero-order valence-corrected chi connectivity index (χ0v) is 17.0. The Morgan fingerprint density at radius 2 is 1.77 bits per heavy atom. The van der Waals surface area contributed by atoms with E-state index in [1.807, 2.05) is 48.9 Å². The minimum absolute atomic E-state index is 0.0705. The van der Waals surface area contributed by atoms with E-state index in [4.69, 9.17) is 9.84 Å². The Balaban J connectivity index is 1.66. The van der Waals surface area contributed by atoms with Crippen LogP contribution in [0.1, 0.15) is 40.2 Å². The minimum atomic E-state index is -0.842. The molecule has 6 heteroatoms. The van der Waals surface area contributed by atoms with E-state index < -0.39 is 5.97 Å². The molecule has 0 atom stereocenters. The molecule has 0 fully saturated rings. The van der Waals surface area contributed by atoms with Gasteiger partial charge in [-0.25, -0.2) is 4.68 Å². The fraction of sp³-hybridized carbons (Fsp3) is 0.208. The van der Waals surface area contributed by atoms with Crippen molar-refractivity contribution in [1.82, 2.24) is 9.78 Å². The van der Waals surface area contributed by atoms with Crippen molar-refractivity contribution in [3.63, 3.8) is 0 Å². The number of aliphatic carboxylic acids is 1. The maximum atomic E-state index is 12.5. The third-order valence-electron chi connectivity index (χ3n) is 4.69. The maximum absolute atomic E-state index is 12.5. The van der Waals surface area contributed by atoms with Gasteiger partial charge in [0.2, 0.25) is 0 Å². The SMILES string of the molecule is Cc1nn(-c2ccccc2)c(C)c1C=CC(=O)c1ccc(OCCCC(=O)O)cc1. The van der Waals surface area contributed by atoms with Gasteiger partial charge in [-0.3, -0.25) is 9.59 Å². The largest absolute Gasteiger partial charge is 0.494 e. The highest BCUT2D eigenvalue weighted by molar-refractivity contribution is 6.07. The molecule has 154 valence electrons. The zero-order chi connectivity index (χ0) is 21.5. The monoisotopic (exact) mass is 404 g/mol. The van der Waals surface area contributed by atoms with Crippen molar-refractivity contribution in [3.05, 3.63) is 83.2 Å². The number of carboxylic acids is 1. The number of hydrogen-bond acceptors (Lipinski definition) is 4. The number of carbonyl (C=O) groups excluding carboxylic acids is 1. The van der Waals surface area contributed by atoms with Gasteiger partial charge in [-0.05, 0) is 68.8 Å². The molecule has 0 bridgehead atoms. The van der Waals surface area contributed by atoms with Crippen LogP contribution in [0.25, 0.3) is 11.8 Å². The average molecular weight is 404 g/mol. The summed E-state index contributed by atoms with van der Waals surface area (Å²) in [5.41, 5.74) is 4.27. The topological polar surface area (TPSA) is 81.4 Å². The summed E-state index contributed by atoms with van der Waals surface area (Å²) in [7, 11) is 0. The molecule has 2 aromatic carbocycles. The number of carboxylic acid groups (broad SMARTS) is 1. The van der Waals surface area contributed by atoms with Gasteiger partial charge in [-0.15, -0.1) is 0 Å². The Morgan fingerprint density at radius 1 is 1.07 bits per heavy atom. The van der Waals surface area contributed by atoms with Gasteiger partial charge < -0.3 is 9.84 Å². The number of nitrogens with zero attached hydrogens (tertiary/aromatic N) is 2. The molecule has 30 heavy (non-hydrogen) atoms. The summed E-state index contributed by atoms with van der Waals surface area (Å²) >= 11 is 0. The van der Waals surface area contributed by atoms with Crippen molar-refractivity contribution < 1.29 is 19.4 Å². The fourth-order valence-corrected chi connectivity index (χ4v) is 3.10. The quantitative estimate of drug-likeness (QED) is 0.319. The van der Waals surface area contributed by atoms with Crippen LogP contribution in [0.15, 0.2) is 60.7 Å². The van der Waals surface area contributed by atoms with Crippen molar-refractivity contribution >= 4 is 17.8 Å². The first-order valence-electron chi connectivity index (χ1n) is 9.74. The molecule has 0 aliphatic rings. The molecule has 0 unspecified atom stereocenters. The molecule has 0 spiro atoms. The number of carbonyl (C=O) groups is 2. The van der Waals surface area contributed by atoms with Gasteiger partial charge in [0.1, 0.15) is 5.75 Å². The Kier molecular flexibility index (Phi) is 6.80. The highest BCUT2D eigenvalue weighted by Gasteiger charge is 2.11. The van der Waals surface area contributed by atoms with E-state index >= 15 is 0 Å². The number of benzene rings is 2. The second-order valence-electron chi connectivity index (χ2n) is 6.90. The van der Waals surface area contributed by atoms with Crippen LogP contribution in [-0.4, -0.2) is 33.2 Å². The predicted molar refractivity (Wildman–Crippen MR) is 115 cm³/mol. The van der Waals surface area contributed by atoms with Crippen molar-refractivity contribution in [2.24, 2.45) is 0 Å². The van der Waals surface area contributed by atoms with E-state index in [9.17, 15) is 9.59 Å². The van der Waals surface area contributed by atoms with Gasteiger partial charge in [0.15, 0.2) is 5.78 Å². The number of rotatable bonds is 9. The second-order valence-corrected chi connectivity index (χ2v) is 6.90. The van der Waals surface area contributed by atoms with Crippen LogP contribution in [0.4, 0.5) is 0 Å². The molecule has 0 radical (unpaired) electrons. The summed E-state index contributed by atoms with van der Waals surface area (Å²) in [5.74, 6) is -0.346. The van der Waals surface area contributed by atoms with Crippen LogP contribution in [0.2, 0.25) is 0 Å². The molecule has 1 heterocycles. The number of para-hydroxylation sites is 1. The number of hydrogen-bond donors (Lipinski definition) is 1. The summed E-state index contributed by atoms with van der Waals surface area (Å²) in [6.07, 6.45) is 3.86. The van der Waals surface area contributed by atoms with Crippen molar-refractivity contribution in [2.75, 3.05) is 6.61 Å². The van der Waals surface area contributed by atoms with E-state index in [0.29, 0.717) is 24.3 Å². The fourth-order valence-electron chi connectivity index (χ4n) is 3.10. The van der Waals surface area contributed by atoms with Crippen LogP contribution in [0.5, 0.6) is 5.75 Å². The second kappa shape index (κ2) is 9.69. The summed E-state index contributed by atoms with van der Waals surface area (Å²) in [5, 5.41) is 13.2. The Bertz CT molecular complexity index is 1050. The van der Waals surface area contributed by atoms with Gasteiger partial charge in [0.05, 0.1) is 18.0 Å². The maximum Gasteiger partial charge on any atom is 0.303 e. The molecule has 0 amide bonds. The molecular weight excluding hydrogens is 380 g/mol. The zero-order valence-electron chi connectivity index (χ0n) is 17.0. The highest BCUT2D eigenvalue weighted by Crippen LogP contribution is 2.20. The lowest BCUT2D eigenvalue weighted by Crippen LogP contribution is -2.02. The summed E-state index contributed by atoms with van der Waals surface area (Å²) in [4.78, 5) is 23.0. The van der Waals surface area contributed by atoms with Gasteiger partial charge in [-0.2, -0.15) is 5.10 Å². The predicted octanol–water partition coefficient (Wildman–Crippen LogP) is 4.63. The Labute approximate surface area is 175 Å². The van der Waals surface area contributed by atoms with Crippen molar-refractivity contribution in [2.45, 2.75) is 26.7 Å². The van der Waals surface area contributed by atoms with E-state index in [1.165, 1.54) is 0 Å². The summed E-state index contributed by atoms with van der Waals surface area (Å²) in [6, 6.07) is 16.7. The third kappa shape index (κ3) is 5.23. The normalized spacial score (nSPS) is 11.0.